The van der Waals surface area contributed by atoms with E-state index in [1.807, 2.05) is 17.5 Å². The molecule has 2 aromatic rings. The van der Waals surface area contributed by atoms with Crippen molar-refractivity contribution in [2.75, 3.05) is 19.6 Å². The van der Waals surface area contributed by atoms with E-state index in [1.165, 1.54) is 21.9 Å². The summed E-state index contributed by atoms with van der Waals surface area (Å²) < 4.78 is 0. The average Bonchev–Trinajstić information content (AvgIpc) is 2.76. The van der Waals surface area contributed by atoms with E-state index in [4.69, 9.17) is 0 Å². The molecule has 1 N–H and O–H groups in total. The Morgan fingerprint density at radius 2 is 2.19 bits per heavy atom. The Bertz CT molecular complexity index is 552. The Hall–Kier alpha value is -1.23. The zero-order chi connectivity index (χ0) is 14.5. The maximum Gasteiger partial charge on any atom is 0.107 e. The van der Waals surface area contributed by atoms with Crippen molar-refractivity contribution < 1.29 is 0 Å². The summed E-state index contributed by atoms with van der Waals surface area (Å²) in [7, 11) is 0. The predicted molar refractivity (Wildman–Crippen MR) is 88.7 cm³/mol. The van der Waals surface area contributed by atoms with E-state index in [-0.39, 0.29) is 0 Å². The molecule has 0 aliphatic carbocycles. The molecule has 1 atom stereocenters. The molecule has 112 valence electrons. The summed E-state index contributed by atoms with van der Waals surface area (Å²) in [6.45, 7) is 6.50. The summed E-state index contributed by atoms with van der Waals surface area (Å²) in [4.78, 5) is 8.36. The van der Waals surface area contributed by atoms with E-state index in [0.717, 1.165) is 32.6 Å². The lowest BCUT2D eigenvalue weighted by Gasteiger charge is -2.23. The van der Waals surface area contributed by atoms with E-state index in [1.54, 1.807) is 0 Å². The topological polar surface area (TPSA) is 28.2 Å². The normalized spacial score (nSPS) is 20.3. The fraction of sp³-hybridized carbons (Fsp3) is 0.471. The lowest BCUT2D eigenvalue weighted by Crippen LogP contribution is -2.38. The van der Waals surface area contributed by atoms with Gasteiger partial charge in [0, 0.05) is 23.7 Å². The third-order valence-electron chi connectivity index (χ3n) is 3.92. The number of nitrogens with one attached hydrogen (secondary N) is 1. The lowest BCUT2D eigenvalue weighted by atomic mass is 10.1. The van der Waals surface area contributed by atoms with Gasteiger partial charge in [0.2, 0.25) is 0 Å². The summed E-state index contributed by atoms with van der Waals surface area (Å²) in [6, 6.07) is 11.3. The van der Waals surface area contributed by atoms with Gasteiger partial charge in [-0.25, -0.2) is 4.98 Å². The molecular formula is C17H23N3S. The highest BCUT2D eigenvalue weighted by molar-refractivity contribution is 7.11. The van der Waals surface area contributed by atoms with E-state index < -0.39 is 0 Å². The van der Waals surface area contributed by atoms with Crippen LogP contribution >= 0.6 is 11.3 Å². The monoisotopic (exact) mass is 301 g/mol. The van der Waals surface area contributed by atoms with Crippen LogP contribution in [0.5, 0.6) is 0 Å². The van der Waals surface area contributed by atoms with Gasteiger partial charge in [-0.1, -0.05) is 30.3 Å². The molecule has 0 bridgehead atoms. The van der Waals surface area contributed by atoms with Gasteiger partial charge in [0.1, 0.15) is 5.01 Å². The van der Waals surface area contributed by atoms with Crippen LogP contribution < -0.4 is 5.32 Å². The number of rotatable bonds is 4. The molecular weight excluding hydrogens is 278 g/mol. The Morgan fingerprint density at radius 3 is 2.95 bits per heavy atom. The predicted octanol–water partition coefficient (Wildman–Crippen LogP) is 2.86. The fourth-order valence-corrected chi connectivity index (χ4v) is 3.75. The van der Waals surface area contributed by atoms with E-state index in [9.17, 15) is 0 Å². The number of aromatic nitrogens is 1. The molecule has 1 aliphatic heterocycles. The molecule has 1 unspecified atom stereocenters. The van der Waals surface area contributed by atoms with Crippen molar-refractivity contribution in [2.24, 2.45) is 0 Å². The molecule has 2 heterocycles. The van der Waals surface area contributed by atoms with Gasteiger partial charge >= 0.3 is 0 Å². The third kappa shape index (κ3) is 4.37. The Morgan fingerprint density at radius 1 is 1.33 bits per heavy atom. The summed E-state index contributed by atoms with van der Waals surface area (Å²) in [6.07, 6.45) is 4.31. The summed E-state index contributed by atoms with van der Waals surface area (Å²) in [5, 5.41) is 4.94. The smallest absolute Gasteiger partial charge is 0.107 e. The summed E-state index contributed by atoms with van der Waals surface area (Å²) in [5.41, 5.74) is 1.42. The van der Waals surface area contributed by atoms with Crippen LogP contribution in [0.4, 0.5) is 0 Å². The average molecular weight is 301 g/mol. The second-order valence-corrected chi connectivity index (χ2v) is 7.11. The van der Waals surface area contributed by atoms with E-state index >= 15 is 0 Å². The van der Waals surface area contributed by atoms with Crippen LogP contribution in [0.2, 0.25) is 0 Å². The summed E-state index contributed by atoms with van der Waals surface area (Å²) in [5.74, 6) is 0. The second-order valence-electron chi connectivity index (χ2n) is 5.79. The molecule has 21 heavy (non-hydrogen) atoms. The molecule has 4 heteroatoms. The maximum atomic E-state index is 4.51. The minimum atomic E-state index is 0.538. The van der Waals surface area contributed by atoms with Crippen molar-refractivity contribution in [2.45, 2.75) is 32.4 Å². The molecule has 0 spiro atoms. The van der Waals surface area contributed by atoms with Crippen LogP contribution in [-0.2, 0) is 13.0 Å². The van der Waals surface area contributed by atoms with Crippen molar-refractivity contribution in [1.82, 2.24) is 15.2 Å². The number of hydrogen-bond donors (Lipinski definition) is 1. The van der Waals surface area contributed by atoms with Crippen molar-refractivity contribution in [3.63, 3.8) is 0 Å². The first kappa shape index (κ1) is 14.7. The third-order valence-corrected chi connectivity index (χ3v) is 4.81. The molecule has 1 saturated heterocycles. The summed E-state index contributed by atoms with van der Waals surface area (Å²) >= 11 is 1.82. The highest BCUT2D eigenvalue weighted by atomic mass is 32.1. The first-order valence-corrected chi connectivity index (χ1v) is 8.52. The zero-order valence-corrected chi connectivity index (χ0v) is 13.4. The van der Waals surface area contributed by atoms with Gasteiger partial charge < -0.3 is 5.32 Å². The van der Waals surface area contributed by atoms with Crippen LogP contribution in [-0.4, -0.2) is 35.6 Å². The largest absolute Gasteiger partial charge is 0.312 e. The number of benzene rings is 1. The minimum absolute atomic E-state index is 0.538. The van der Waals surface area contributed by atoms with Gasteiger partial charge in [-0.2, -0.15) is 0 Å². The second kappa shape index (κ2) is 7.16. The van der Waals surface area contributed by atoms with E-state index in [2.05, 4.69) is 52.5 Å². The Kier molecular flexibility index (Phi) is 5.01. The van der Waals surface area contributed by atoms with Crippen LogP contribution in [0.25, 0.3) is 0 Å². The molecule has 3 nitrogen and oxygen atoms in total. The molecule has 1 aromatic carbocycles. The van der Waals surface area contributed by atoms with Crippen LogP contribution in [0.3, 0.4) is 0 Å². The van der Waals surface area contributed by atoms with Crippen molar-refractivity contribution >= 4 is 11.3 Å². The molecule has 0 amide bonds. The highest BCUT2D eigenvalue weighted by Crippen LogP contribution is 2.15. The van der Waals surface area contributed by atoms with Gasteiger partial charge in [-0.05, 0) is 38.4 Å². The molecule has 1 aromatic heterocycles. The lowest BCUT2D eigenvalue weighted by molar-refractivity contribution is 0.258. The van der Waals surface area contributed by atoms with Gasteiger partial charge in [-0.3, -0.25) is 4.90 Å². The van der Waals surface area contributed by atoms with E-state index in [0.29, 0.717) is 6.04 Å². The van der Waals surface area contributed by atoms with Crippen LogP contribution in [0.15, 0.2) is 36.5 Å². The number of thiazole rings is 1. The highest BCUT2D eigenvalue weighted by Gasteiger charge is 2.18. The van der Waals surface area contributed by atoms with Gasteiger partial charge in [0.25, 0.3) is 0 Å². The zero-order valence-electron chi connectivity index (χ0n) is 12.6. The first-order valence-electron chi connectivity index (χ1n) is 7.70. The molecule has 1 aliphatic rings. The van der Waals surface area contributed by atoms with Crippen molar-refractivity contribution in [1.29, 1.82) is 0 Å². The van der Waals surface area contributed by atoms with Crippen LogP contribution in [0, 0.1) is 6.92 Å². The minimum Gasteiger partial charge on any atom is -0.312 e. The number of aryl methyl sites for hydroxylation is 1. The Balaban J connectivity index is 1.60. The molecule has 3 rings (SSSR count). The molecule has 1 fully saturated rings. The fourth-order valence-electron chi connectivity index (χ4n) is 2.92. The number of hydrogen-bond acceptors (Lipinski definition) is 4. The van der Waals surface area contributed by atoms with Gasteiger partial charge in [0.15, 0.2) is 0 Å². The van der Waals surface area contributed by atoms with Crippen molar-refractivity contribution in [3.05, 3.63) is 52.0 Å². The standard InChI is InChI=1S/C17H23N3S/c1-14-11-19-17(21-14)13-20-9-5-8-18-16(12-20)10-15-6-3-2-4-7-15/h2-4,6-7,11,16,18H,5,8-10,12-13H2,1H3. The van der Waals surface area contributed by atoms with Crippen LogP contribution in [0.1, 0.15) is 21.9 Å². The quantitative estimate of drug-likeness (QED) is 0.941. The van der Waals surface area contributed by atoms with Gasteiger partial charge in [-0.15, -0.1) is 11.3 Å². The SMILES string of the molecule is Cc1cnc(CN2CCCNC(Cc3ccccc3)C2)s1. The number of nitrogens with zero attached hydrogens (tertiary/aromatic N) is 2. The molecule has 0 radical (unpaired) electrons. The maximum absolute atomic E-state index is 4.51. The first-order chi connectivity index (χ1) is 10.3. The molecule has 0 saturated carbocycles. The van der Waals surface area contributed by atoms with Crippen molar-refractivity contribution in [3.8, 4) is 0 Å². The van der Waals surface area contributed by atoms with Gasteiger partial charge in [0.05, 0.1) is 6.54 Å². The Labute approximate surface area is 131 Å².